The van der Waals surface area contributed by atoms with Gasteiger partial charge in [-0.1, -0.05) is 12.1 Å². The number of rotatable bonds is 8. The summed E-state index contributed by atoms with van der Waals surface area (Å²) in [5, 5.41) is 26.0. The van der Waals surface area contributed by atoms with Crippen molar-refractivity contribution < 1.29 is 23.8 Å². The van der Waals surface area contributed by atoms with Gasteiger partial charge in [-0.15, -0.1) is 0 Å². The molecule has 0 unspecified atom stereocenters. The number of hydrogen-bond donors (Lipinski definition) is 1. The number of nitro benzene ring substituents is 2. The molecule has 0 heterocycles. The average molecular weight is 390 g/mol. The van der Waals surface area contributed by atoms with Gasteiger partial charge in [0.05, 0.1) is 35.2 Å². The van der Waals surface area contributed by atoms with E-state index in [0.29, 0.717) is 5.56 Å². The van der Waals surface area contributed by atoms with Crippen molar-refractivity contribution in [3.63, 3.8) is 0 Å². The maximum atomic E-state index is 13.5. The Morgan fingerprint density at radius 3 is 2.50 bits per heavy atom. The van der Waals surface area contributed by atoms with Crippen LogP contribution in [0.25, 0.3) is 0 Å². The van der Waals surface area contributed by atoms with Gasteiger partial charge in [0.25, 0.3) is 5.69 Å². The monoisotopic (exact) mass is 390 g/mol. The highest BCUT2D eigenvalue weighted by Gasteiger charge is 2.19. The molecule has 0 saturated heterocycles. The minimum Gasteiger partial charge on any atom is -0.469 e. The van der Waals surface area contributed by atoms with Crippen LogP contribution in [0.1, 0.15) is 18.4 Å². The molecule has 0 fully saturated rings. The molecule has 10 nitrogen and oxygen atoms in total. The van der Waals surface area contributed by atoms with Crippen LogP contribution in [0.15, 0.2) is 47.6 Å². The predicted molar refractivity (Wildman–Crippen MR) is 97.6 cm³/mol. The van der Waals surface area contributed by atoms with E-state index in [-0.39, 0.29) is 24.2 Å². The van der Waals surface area contributed by atoms with Crippen molar-refractivity contribution in [2.24, 2.45) is 5.10 Å². The Balaban J connectivity index is 2.37. The van der Waals surface area contributed by atoms with Gasteiger partial charge < -0.3 is 4.74 Å². The van der Waals surface area contributed by atoms with Gasteiger partial charge in [-0.3, -0.25) is 30.4 Å². The van der Waals surface area contributed by atoms with Gasteiger partial charge in [0.15, 0.2) is 0 Å². The van der Waals surface area contributed by atoms with Crippen LogP contribution in [0.3, 0.4) is 0 Å². The summed E-state index contributed by atoms with van der Waals surface area (Å²) < 4.78 is 18.1. The number of nitro groups is 2. The number of carbonyl (C=O) groups excluding carboxylic acids is 1. The molecule has 0 saturated carbocycles. The standard InChI is InChI=1S/C17H15FN4O6/c1-28-17(23)8-7-14(11-3-2-4-12(18)9-11)19-20-15-6-5-13(21(24)25)10-16(15)22(26)27/h2-6,9-10,20H,7-8H2,1H3. The van der Waals surface area contributed by atoms with Crippen molar-refractivity contribution in [2.45, 2.75) is 12.8 Å². The molecule has 0 aliphatic heterocycles. The van der Waals surface area contributed by atoms with E-state index in [2.05, 4.69) is 15.3 Å². The third-order valence-electron chi connectivity index (χ3n) is 3.65. The van der Waals surface area contributed by atoms with Gasteiger partial charge in [0, 0.05) is 18.1 Å². The highest BCUT2D eigenvalue weighted by Crippen LogP contribution is 2.29. The molecule has 0 bridgehead atoms. The first kappa shape index (κ1) is 20.4. The molecule has 0 aliphatic carbocycles. The molecule has 0 radical (unpaired) electrons. The second kappa shape index (κ2) is 9.16. The van der Waals surface area contributed by atoms with Crippen molar-refractivity contribution in [1.82, 2.24) is 0 Å². The number of hydrogen-bond acceptors (Lipinski definition) is 8. The van der Waals surface area contributed by atoms with E-state index < -0.39 is 33.0 Å². The first-order chi connectivity index (χ1) is 13.3. The van der Waals surface area contributed by atoms with E-state index >= 15 is 0 Å². The molecule has 2 rings (SSSR count). The number of halogens is 1. The number of nitrogens with one attached hydrogen (secondary N) is 1. The van der Waals surface area contributed by atoms with Gasteiger partial charge in [-0.25, -0.2) is 4.39 Å². The summed E-state index contributed by atoms with van der Waals surface area (Å²) >= 11 is 0. The zero-order chi connectivity index (χ0) is 20.7. The molecule has 2 aromatic rings. The number of methoxy groups -OCH3 is 1. The lowest BCUT2D eigenvalue weighted by molar-refractivity contribution is -0.393. The Labute approximate surface area is 157 Å². The first-order valence-corrected chi connectivity index (χ1v) is 7.90. The zero-order valence-corrected chi connectivity index (χ0v) is 14.6. The molecule has 11 heteroatoms. The number of non-ortho nitro benzene ring substituents is 1. The highest BCUT2D eigenvalue weighted by molar-refractivity contribution is 6.02. The number of anilines is 1. The Bertz CT molecular complexity index is 947. The number of esters is 1. The molecular weight excluding hydrogens is 375 g/mol. The lowest BCUT2D eigenvalue weighted by Crippen LogP contribution is -2.10. The third-order valence-corrected chi connectivity index (χ3v) is 3.65. The van der Waals surface area contributed by atoms with Crippen LogP contribution >= 0.6 is 0 Å². The summed E-state index contributed by atoms with van der Waals surface area (Å²) in [7, 11) is 1.22. The molecular formula is C17H15FN4O6. The topological polar surface area (TPSA) is 137 Å². The minimum absolute atomic E-state index is 0.0458. The summed E-state index contributed by atoms with van der Waals surface area (Å²) in [6.07, 6.45) is 0.0276. The second-order valence-electron chi connectivity index (χ2n) is 5.47. The van der Waals surface area contributed by atoms with E-state index in [1.807, 2.05) is 0 Å². The normalized spacial score (nSPS) is 11.0. The molecule has 2 aromatic carbocycles. The van der Waals surface area contributed by atoms with E-state index in [4.69, 9.17) is 0 Å². The van der Waals surface area contributed by atoms with E-state index in [1.54, 1.807) is 6.07 Å². The molecule has 1 N–H and O–H groups in total. The highest BCUT2D eigenvalue weighted by atomic mass is 19.1. The lowest BCUT2D eigenvalue weighted by atomic mass is 10.1. The smallest absolute Gasteiger partial charge is 0.305 e. The largest absolute Gasteiger partial charge is 0.469 e. The average Bonchev–Trinajstić information content (AvgIpc) is 2.67. The number of benzene rings is 2. The SMILES string of the molecule is COC(=O)CCC(=NNc1ccc([N+](=O)[O-])cc1[N+](=O)[O-])c1cccc(F)c1. The fourth-order valence-electron chi connectivity index (χ4n) is 2.26. The third kappa shape index (κ3) is 5.30. The van der Waals surface area contributed by atoms with Crippen molar-refractivity contribution >= 4 is 28.7 Å². The fourth-order valence-corrected chi connectivity index (χ4v) is 2.26. The van der Waals surface area contributed by atoms with Crippen LogP contribution in [-0.4, -0.2) is 28.6 Å². The van der Waals surface area contributed by atoms with Crippen molar-refractivity contribution in [2.75, 3.05) is 12.5 Å². The van der Waals surface area contributed by atoms with Gasteiger partial charge >= 0.3 is 11.7 Å². The Kier molecular flexibility index (Phi) is 6.68. The van der Waals surface area contributed by atoms with E-state index in [0.717, 1.165) is 18.2 Å². The maximum Gasteiger partial charge on any atom is 0.305 e. The van der Waals surface area contributed by atoms with E-state index in [1.165, 1.54) is 25.3 Å². The summed E-state index contributed by atoms with van der Waals surface area (Å²) in [5.41, 5.74) is 1.99. The van der Waals surface area contributed by atoms with Gasteiger partial charge in [-0.2, -0.15) is 5.10 Å². The number of nitrogens with zero attached hydrogens (tertiary/aromatic N) is 3. The Hall–Kier alpha value is -3.89. The number of hydrazone groups is 1. The van der Waals surface area contributed by atoms with Crippen LogP contribution in [0.4, 0.5) is 21.5 Å². The molecule has 0 atom stereocenters. The van der Waals surface area contributed by atoms with Crippen LogP contribution in [-0.2, 0) is 9.53 Å². The van der Waals surface area contributed by atoms with Crippen molar-refractivity contribution in [1.29, 1.82) is 0 Å². The maximum absolute atomic E-state index is 13.5. The second-order valence-corrected chi connectivity index (χ2v) is 5.47. The van der Waals surface area contributed by atoms with Crippen LogP contribution in [0.5, 0.6) is 0 Å². The van der Waals surface area contributed by atoms with Gasteiger partial charge in [0.2, 0.25) is 0 Å². The molecule has 146 valence electrons. The van der Waals surface area contributed by atoms with Crippen LogP contribution in [0.2, 0.25) is 0 Å². The molecule has 0 amide bonds. The summed E-state index contributed by atoms with van der Waals surface area (Å²) in [5.74, 6) is -1.03. The quantitative estimate of drug-likeness (QED) is 0.315. The van der Waals surface area contributed by atoms with Crippen molar-refractivity contribution in [3.8, 4) is 0 Å². The molecule has 0 spiro atoms. The fraction of sp³-hybridized carbons (Fsp3) is 0.176. The number of ether oxygens (including phenoxy) is 1. The van der Waals surface area contributed by atoms with Gasteiger partial charge in [0.1, 0.15) is 11.5 Å². The van der Waals surface area contributed by atoms with Crippen LogP contribution < -0.4 is 5.43 Å². The Morgan fingerprint density at radius 1 is 1.14 bits per heavy atom. The Morgan fingerprint density at radius 2 is 1.89 bits per heavy atom. The van der Waals surface area contributed by atoms with Crippen LogP contribution in [0, 0.1) is 26.0 Å². The van der Waals surface area contributed by atoms with Gasteiger partial charge in [-0.05, 0) is 18.2 Å². The zero-order valence-electron chi connectivity index (χ0n) is 14.6. The molecule has 0 aromatic heterocycles. The first-order valence-electron chi connectivity index (χ1n) is 7.90. The summed E-state index contributed by atoms with van der Waals surface area (Å²) in [4.78, 5) is 31.9. The summed E-state index contributed by atoms with van der Waals surface area (Å²) in [6, 6.07) is 8.47. The number of carbonyl (C=O) groups is 1. The van der Waals surface area contributed by atoms with E-state index in [9.17, 15) is 29.4 Å². The molecule has 28 heavy (non-hydrogen) atoms. The van der Waals surface area contributed by atoms with Crippen molar-refractivity contribution in [3.05, 3.63) is 74.1 Å². The summed E-state index contributed by atoms with van der Waals surface area (Å²) in [6.45, 7) is 0. The predicted octanol–water partition coefficient (Wildman–Crippen LogP) is 3.41. The lowest BCUT2D eigenvalue weighted by Gasteiger charge is -2.08. The molecule has 0 aliphatic rings. The minimum atomic E-state index is -0.791.